The van der Waals surface area contributed by atoms with Gasteiger partial charge in [-0.1, -0.05) is 29.8 Å². The first-order chi connectivity index (χ1) is 17.1. The maximum atomic E-state index is 12.5. The van der Waals surface area contributed by atoms with Crippen molar-refractivity contribution in [2.75, 3.05) is 12.4 Å². The minimum absolute atomic E-state index is 0.330. The minimum Gasteiger partial charge on any atom is -0.484 e. The number of benzene rings is 2. The number of hydrogen-bond donors (Lipinski definition) is 1. The van der Waals surface area contributed by atoms with Crippen LogP contribution in [-0.2, 0) is 9.47 Å². The summed E-state index contributed by atoms with van der Waals surface area (Å²) in [4.78, 5) is 29.4. The first-order valence-electron chi connectivity index (χ1n) is 11.2. The van der Waals surface area contributed by atoms with E-state index in [1.54, 1.807) is 51.4 Å². The highest BCUT2D eigenvalue weighted by molar-refractivity contribution is 7.16. The van der Waals surface area contributed by atoms with Crippen LogP contribution in [0.3, 0.4) is 0 Å². The van der Waals surface area contributed by atoms with Crippen LogP contribution >= 0.6 is 22.9 Å². The zero-order chi connectivity index (χ0) is 26.0. The van der Waals surface area contributed by atoms with Gasteiger partial charge >= 0.3 is 12.1 Å². The lowest BCUT2D eigenvalue weighted by molar-refractivity contribution is 0.0597. The van der Waals surface area contributed by atoms with Gasteiger partial charge < -0.3 is 14.2 Å². The van der Waals surface area contributed by atoms with Crippen molar-refractivity contribution in [1.29, 1.82) is 0 Å². The zero-order valence-electron chi connectivity index (χ0n) is 20.5. The third-order valence-corrected chi connectivity index (χ3v) is 6.57. The largest absolute Gasteiger partial charge is 0.484 e. The summed E-state index contributed by atoms with van der Waals surface area (Å²) in [5.41, 5.74) is 2.20. The van der Waals surface area contributed by atoms with Gasteiger partial charge in [0.25, 0.3) is 0 Å². The highest BCUT2D eigenvalue weighted by Gasteiger charge is 2.23. The Kier molecular flexibility index (Phi) is 7.23. The van der Waals surface area contributed by atoms with Crippen molar-refractivity contribution >= 4 is 51.7 Å². The number of fused-ring (bicyclic) bond motifs is 1. The molecule has 36 heavy (non-hydrogen) atoms. The molecule has 1 unspecified atom stereocenters. The van der Waals surface area contributed by atoms with Gasteiger partial charge in [-0.25, -0.2) is 14.6 Å². The fraction of sp³-hybridized carbons (Fsp3) is 0.269. The predicted octanol–water partition coefficient (Wildman–Crippen LogP) is 7.01. The summed E-state index contributed by atoms with van der Waals surface area (Å²) in [5.74, 6) is -0.111. The van der Waals surface area contributed by atoms with E-state index < -0.39 is 23.8 Å². The number of hydrogen-bond acceptors (Lipinski definition) is 7. The Hall–Kier alpha value is -3.56. The van der Waals surface area contributed by atoms with Gasteiger partial charge in [-0.2, -0.15) is 0 Å². The number of halogens is 1. The highest BCUT2D eigenvalue weighted by atomic mass is 35.5. The summed E-state index contributed by atoms with van der Waals surface area (Å²) < 4.78 is 18.3. The number of amides is 1. The Balaban J connectivity index is 1.64. The quantitative estimate of drug-likeness (QED) is 0.271. The minimum atomic E-state index is -0.602. The van der Waals surface area contributed by atoms with E-state index in [0.29, 0.717) is 31.9 Å². The third kappa shape index (κ3) is 5.63. The molecule has 2 heterocycles. The van der Waals surface area contributed by atoms with E-state index in [0.717, 1.165) is 11.1 Å². The maximum absolute atomic E-state index is 12.5. The lowest BCUT2D eigenvalue weighted by atomic mass is 10.1. The molecule has 4 aromatic rings. The number of rotatable bonds is 6. The van der Waals surface area contributed by atoms with Gasteiger partial charge in [0.05, 0.1) is 18.1 Å². The van der Waals surface area contributed by atoms with Crippen LogP contribution in [0.1, 0.15) is 49.0 Å². The summed E-state index contributed by atoms with van der Waals surface area (Å²) in [7, 11) is 1.33. The number of methoxy groups -OCH3 is 1. The van der Waals surface area contributed by atoms with Gasteiger partial charge in [0.1, 0.15) is 28.8 Å². The normalized spacial score (nSPS) is 12.3. The predicted molar refractivity (Wildman–Crippen MR) is 141 cm³/mol. The fourth-order valence-electron chi connectivity index (χ4n) is 3.55. The Morgan fingerprint density at radius 2 is 1.89 bits per heavy atom. The number of ether oxygens (including phenoxy) is 3. The molecule has 0 aliphatic heterocycles. The fourth-order valence-corrected chi connectivity index (χ4v) is 4.83. The molecular weight excluding hydrogens is 502 g/mol. The molecule has 0 radical (unpaired) electrons. The standard InChI is InChI=1S/C26H26ClN3O5S/c1-15(17-8-6-7-9-18(17)27)34-21-13-22(36-23(21)24(31)33-5)30-14-28-19-12-16(10-11-20(19)30)29-25(32)35-26(2,3)4/h6-15H,1-5H3,(H,29,32). The molecule has 1 N–H and O–H groups in total. The lowest BCUT2D eigenvalue weighted by Gasteiger charge is -2.19. The molecule has 2 aromatic carbocycles. The van der Waals surface area contributed by atoms with E-state index in [1.165, 1.54) is 18.4 Å². The van der Waals surface area contributed by atoms with Crippen LogP contribution in [0.25, 0.3) is 16.0 Å². The summed E-state index contributed by atoms with van der Waals surface area (Å²) in [6, 6.07) is 14.5. The van der Waals surface area contributed by atoms with Gasteiger partial charge in [0.2, 0.25) is 0 Å². The Morgan fingerprint density at radius 1 is 1.14 bits per heavy atom. The second-order valence-corrected chi connectivity index (χ2v) is 10.4. The lowest BCUT2D eigenvalue weighted by Crippen LogP contribution is -2.27. The van der Waals surface area contributed by atoms with Crippen LogP contribution in [0.4, 0.5) is 10.5 Å². The Morgan fingerprint density at radius 3 is 2.58 bits per heavy atom. The van der Waals surface area contributed by atoms with Crippen molar-refractivity contribution in [3.05, 3.63) is 70.3 Å². The van der Waals surface area contributed by atoms with E-state index in [-0.39, 0.29) is 0 Å². The molecular formula is C26H26ClN3O5S. The van der Waals surface area contributed by atoms with Gasteiger partial charge in [0.15, 0.2) is 4.88 Å². The molecule has 8 nitrogen and oxygen atoms in total. The number of carbonyl (C=O) groups excluding carboxylic acids is 2. The van der Waals surface area contributed by atoms with Crippen molar-refractivity contribution < 1.29 is 23.8 Å². The zero-order valence-corrected chi connectivity index (χ0v) is 22.1. The average molecular weight is 528 g/mol. The average Bonchev–Trinajstić information content (AvgIpc) is 3.41. The third-order valence-electron chi connectivity index (χ3n) is 5.13. The Labute approximate surface area is 217 Å². The molecule has 10 heteroatoms. The van der Waals surface area contributed by atoms with Gasteiger partial charge in [-0.3, -0.25) is 9.88 Å². The molecule has 0 aliphatic carbocycles. The number of anilines is 1. The number of esters is 1. The van der Waals surface area contributed by atoms with Gasteiger partial charge in [0, 0.05) is 22.3 Å². The topological polar surface area (TPSA) is 91.7 Å². The molecule has 4 rings (SSSR count). The van der Waals surface area contributed by atoms with Crippen molar-refractivity contribution in [2.24, 2.45) is 0 Å². The molecule has 0 spiro atoms. The molecule has 1 amide bonds. The molecule has 0 fully saturated rings. The number of nitrogens with one attached hydrogen (secondary N) is 1. The molecule has 0 bridgehead atoms. The van der Waals surface area contributed by atoms with E-state index in [9.17, 15) is 9.59 Å². The van der Waals surface area contributed by atoms with Crippen molar-refractivity contribution in [3.8, 4) is 10.8 Å². The van der Waals surface area contributed by atoms with Crippen LogP contribution in [0, 0.1) is 0 Å². The smallest absolute Gasteiger partial charge is 0.412 e. The maximum Gasteiger partial charge on any atom is 0.412 e. The van der Waals surface area contributed by atoms with Gasteiger partial charge in [-0.05, 0) is 52.0 Å². The van der Waals surface area contributed by atoms with Crippen LogP contribution in [0.2, 0.25) is 5.02 Å². The van der Waals surface area contributed by atoms with Crippen molar-refractivity contribution in [1.82, 2.24) is 9.55 Å². The summed E-state index contributed by atoms with van der Waals surface area (Å²) in [6.45, 7) is 7.27. The SMILES string of the molecule is COC(=O)c1sc(-n2cnc3cc(NC(=O)OC(C)(C)C)ccc32)cc1OC(C)c1ccccc1Cl. The molecule has 0 aliphatic rings. The van der Waals surface area contributed by atoms with Gasteiger partial charge in [-0.15, -0.1) is 11.3 Å². The summed E-state index contributed by atoms with van der Waals surface area (Å²) in [5, 5.41) is 4.01. The molecule has 2 aromatic heterocycles. The summed E-state index contributed by atoms with van der Waals surface area (Å²) in [6.07, 6.45) is 0.707. The number of thiophene rings is 1. The second-order valence-electron chi connectivity index (χ2n) is 9.00. The monoisotopic (exact) mass is 527 g/mol. The molecule has 188 valence electrons. The van der Waals surface area contributed by atoms with E-state index in [2.05, 4.69) is 10.3 Å². The first-order valence-corrected chi connectivity index (χ1v) is 12.4. The number of aromatic nitrogens is 2. The molecule has 1 atom stereocenters. The Bertz CT molecular complexity index is 1420. The van der Waals surface area contributed by atoms with E-state index >= 15 is 0 Å². The molecule has 0 saturated carbocycles. The van der Waals surface area contributed by atoms with Crippen LogP contribution in [-0.4, -0.2) is 34.3 Å². The number of carbonyl (C=O) groups is 2. The van der Waals surface area contributed by atoms with Crippen LogP contribution in [0.15, 0.2) is 54.9 Å². The first kappa shape index (κ1) is 25.5. The highest BCUT2D eigenvalue weighted by Crippen LogP contribution is 2.37. The van der Waals surface area contributed by atoms with E-state index in [1.807, 2.05) is 35.8 Å². The second kappa shape index (κ2) is 10.2. The van der Waals surface area contributed by atoms with Crippen LogP contribution in [0.5, 0.6) is 5.75 Å². The number of imidazole rings is 1. The number of nitrogens with zero attached hydrogens (tertiary/aromatic N) is 2. The van der Waals surface area contributed by atoms with Crippen molar-refractivity contribution in [2.45, 2.75) is 39.4 Å². The van der Waals surface area contributed by atoms with Crippen LogP contribution < -0.4 is 10.1 Å². The van der Waals surface area contributed by atoms with E-state index in [4.69, 9.17) is 25.8 Å². The van der Waals surface area contributed by atoms with Crippen molar-refractivity contribution in [3.63, 3.8) is 0 Å². The summed E-state index contributed by atoms with van der Waals surface area (Å²) >= 11 is 7.55. The molecule has 0 saturated heterocycles.